The number of nitrogens with zero attached hydrogens (tertiary/aromatic N) is 2. The van der Waals surface area contributed by atoms with Gasteiger partial charge in [0.1, 0.15) is 18.2 Å². The molecule has 29 heavy (non-hydrogen) atoms. The Kier molecular flexibility index (Phi) is 5.08. The Morgan fingerprint density at radius 2 is 1.76 bits per heavy atom. The number of aromatic nitrogens is 3. The first kappa shape index (κ1) is 18.8. The van der Waals surface area contributed by atoms with Crippen LogP contribution in [0.25, 0.3) is 22.6 Å². The summed E-state index contributed by atoms with van der Waals surface area (Å²) in [5.41, 5.74) is 5.02. The van der Waals surface area contributed by atoms with E-state index in [0.717, 1.165) is 40.3 Å². The van der Waals surface area contributed by atoms with E-state index in [0.29, 0.717) is 23.7 Å². The van der Waals surface area contributed by atoms with E-state index in [4.69, 9.17) is 4.74 Å². The van der Waals surface area contributed by atoms with Crippen LogP contribution in [0.15, 0.2) is 60.9 Å². The van der Waals surface area contributed by atoms with Crippen molar-refractivity contribution in [3.05, 3.63) is 89.4 Å². The number of pyridine rings is 1. The number of imidazole rings is 1. The minimum absolute atomic E-state index is 0.392. The lowest BCUT2D eigenvalue weighted by Gasteiger charge is -2.10. The number of aryl methyl sites for hydroxylation is 2. The first-order valence-corrected chi connectivity index (χ1v) is 9.16. The summed E-state index contributed by atoms with van der Waals surface area (Å²) < 4.78 is 32.5. The van der Waals surface area contributed by atoms with Crippen LogP contribution in [0.5, 0.6) is 5.75 Å². The Bertz CT molecular complexity index is 1150. The van der Waals surface area contributed by atoms with Crippen molar-refractivity contribution in [2.24, 2.45) is 0 Å². The summed E-state index contributed by atoms with van der Waals surface area (Å²) in [5, 5.41) is 0. The third-order valence-corrected chi connectivity index (χ3v) is 4.59. The molecule has 0 aliphatic rings. The van der Waals surface area contributed by atoms with Crippen molar-refractivity contribution in [2.45, 2.75) is 20.5 Å². The van der Waals surface area contributed by atoms with Crippen LogP contribution in [-0.4, -0.2) is 15.0 Å². The quantitative estimate of drug-likeness (QED) is 0.481. The summed E-state index contributed by atoms with van der Waals surface area (Å²) in [6.45, 7) is 4.35. The van der Waals surface area contributed by atoms with Gasteiger partial charge in [-0.3, -0.25) is 4.98 Å². The molecule has 0 unspecified atom stereocenters. The largest absolute Gasteiger partial charge is 0.487 e. The summed E-state index contributed by atoms with van der Waals surface area (Å²) in [6, 6.07) is 13.4. The maximum absolute atomic E-state index is 13.5. The molecule has 2 heterocycles. The monoisotopic (exact) mass is 391 g/mol. The Morgan fingerprint density at radius 1 is 0.931 bits per heavy atom. The van der Waals surface area contributed by atoms with Gasteiger partial charge in [0.25, 0.3) is 0 Å². The number of aromatic amines is 1. The van der Waals surface area contributed by atoms with Crippen LogP contribution < -0.4 is 4.74 Å². The molecule has 0 radical (unpaired) electrons. The van der Waals surface area contributed by atoms with Gasteiger partial charge < -0.3 is 9.72 Å². The van der Waals surface area contributed by atoms with E-state index in [2.05, 4.69) is 15.0 Å². The van der Waals surface area contributed by atoms with Crippen molar-refractivity contribution in [3.63, 3.8) is 0 Å². The van der Waals surface area contributed by atoms with E-state index in [1.165, 1.54) is 6.07 Å². The van der Waals surface area contributed by atoms with Crippen molar-refractivity contribution < 1.29 is 13.5 Å². The zero-order valence-electron chi connectivity index (χ0n) is 16.0. The second kappa shape index (κ2) is 7.83. The number of ether oxygens (including phenoxy) is 1. The summed E-state index contributed by atoms with van der Waals surface area (Å²) in [7, 11) is 0. The lowest BCUT2D eigenvalue weighted by atomic mass is 10.1. The van der Waals surface area contributed by atoms with E-state index < -0.39 is 11.6 Å². The third-order valence-electron chi connectivity index (χ3n) is 4.59. The fourth-order valence-corrected chi connectivity index (χ4v) is 2.97. The van der Waals surface area contributed by atoms with E-state index in [-0.39, 0.29) is 0 Å². The molecule has 4 nitrogen and oxygen atoms in total. The topological polar surface area (TPSA) is 50.8 Å². The van der Waals surface area contributed by atoms with Crippen LogP contribution in [0, 0.1) is 25.5 Å². The van der Waals surface area contributed by atoms with E-state index >= 15 is 0 Å². The fraction of sp³-hybridized carbons (Fsp3) is 0.130. The Morgan fingerprint density at radius 3 is 2.48 bits per heavy atom. The molecule has 6 heteroatoms. The maximum Gasteiger partial charge on any atom is 0.159 e. The molecule has 0 amide bonds. The predicted octanol–water partition coefficient (Wildman–Crippen LogP) is 5.61. The molecule has 0 saturated carbocycles. The molecule has 0 aliphatic heterocycles. The molecule has 2 aromatic heterocycles. The number of rotatable bonds is 5. The van der Waals surface area contributed by atoms with Crippen LogP contribution in [0.4, 0.5) is 8.78 Å². The van der Waals surface area contributed by atoms with E-state index in [1.807, 2.05) is 50.4 Å². The first-order valence-electron chi connectivity index (χ1n) is 9.16. The summed E-state index contributed by atoms with van der Waals surface area (Å²) in [5.74, 6) is -0.539. The van der Waals surface area contributed by atoms with Gasteiger partial charge in [0.2, 0.25) is 0 Å². The molecule has 0 bridgehead atoms. The predicted molar refractivity (Wildman–Crippen MR) is 107 cm³/mol. The van der Waals surface area contributed by atoms with Crippen molar-refractivity contribution >= 4 is 0 Å². The highest BCUT2D eigenvalue weighted by Crippen LogP contribution is 2.28. The van der Waals surface area contributed by atoms with Gasteiger partial charge >= 0.3 is 0 Å². The highest BCUT2D eigenvalue weighted by Gasteiger charge is 2.11. The highest BCUT2D eigenvalue weighted by atomic mass is 19.2. The Balaban J connectivity index is 1.51. The van der Waals surface area contributed by atoms with Crippen LogP contribution in [-0.2, 0) is 6.61 Å². The second-order valence-electron chi connectivity index (χ2n) is 6.86. The van der Waals surface area contributed by atoms with Crippen LogP contribution >= 0.6 is 0 Å². The standard InChI is InChI=1S/C23H19F2N3O/c1-14-3-6-18(26-11-14)13-29-22-8-5-16(9-15(22)2)21-12-27-23(28-21)17-4-7-19(24)20(25)10-17/h3-12H,13H2,1-2H3,(H,27,28). The highest BCUT2D eigenvalue weighted by molar-refractivity contribution is 5.66. The molecule has 1 N–H and O–H groups in total. The molecule has 0 fully saturated rings. The van der Waals surface area contributed by atoms with Gasteiger partial charge in [-0.1, -0.05) is 6.07 Å². The lowest BCUT2D eigenvalue weighted by molar-refractivity contribution is 0.299. The normalized spacial score (nSPS) is 10.9. The number of hydrogen-bond donors (Lipinski definition) is 1. The first-order chi connectivity index (χ1) is 14.0. The van der Waals surface area contributed by atoms with E-state index in [9.17, 15) is 8.78 Å². The number of H-pyrrole nitrogens is 1. The molecule has 4 rings (SSSR count). The van der Waals surface area contributed by atoms with Gasteiger partial charge in [0, 0.05) is 23.5 Å². The summed E-state index contributed by atoms with van der Waals surface area (Å²) in [4.78, 5) is 11.9. The molecule has 0 atom stereocenters. The summed E-state index contributed by atoms with van der Waals surface area (Å²) >= 11 is 0. The lowest BCUT2D eigenvalue weighted by Crippen LogP contribution is -1.99. The van der Waals surface area contributed by atoms with Gasteiger partial charge in [-0.25, -0.2) is 13.8 Å². The SMILES string of the molecule is Cc1ccc(COc2ccc(-c3c[nH]c(-c4ccc(F)c(F)c4)n3)cc2C)nc1. The molecule has 146 valence electrons. The van der Waals surface area contributed by atoms with Gasteiger partial charge in [-0.05, 0) is 67.4 Å². The van der Waals surface area contributed by atoms with Crippen LogP contribution in [0.3, 0.4) is 0 Å². The van der Waals surface area contributed by atoms with Gasteiger partial charge in [-0.2, -0.15) is 0 Å². The van der Waals surface area contributed by atoms with Crippen molar-refractivity contribution in [3.8, 4) is 28.4 Å². The molecular formula is C23H19F2N3O. The molecule has 0 aliphatic carbocycles. The smallest absolute Gasteiger partial charge is 0.159 e. The van der Waals surface area contributed by atoms with Gasteiger partial charge in [-0.15, -0.1) is 0 Å². The van der Waals surface area contributed by atoms with Crippen molar-refractivity contribution in [1.82, 2.24) is 15.0 Å². The molecule has 4 aromatic rings. The zero-order valence-corrected chi connectivity index (χ0v) is 16.0. The molecule has 0 saturated heterocycles. The minimum Gasteiger partial charge on any atom is -0.487 e. The van der Waals surface area contributed by atoms with Crippen LogP contribution in [0.1, 0.15) is 16.8 Å². The van der Waals surface area contributed by atoms with Crippen molar-refractivity contribution in [1.29, 1.82) is 0 Å². The molecule has 2 aromatic carbocycles. The fourth-order valence-electron chi connectivity index (χ4n) is 2.97. The third kappa shape index (κ3) is 4.16. The second-order valence-corrected chi connectivity index (χ2v) is 6.86. The number of benzene rings is 2. The number of halogens is 2. The average molecular weight is 391 g/mol. The van der Waals surface area contributed by atoms with Crippen molar-refractivity contribution in [2.75, 3.05) is 0 Å². The van der Waals surface area contributed by atoms with Gasteiger partial charge in [0.05, 0.1) is 11.4 Å². The zero-order chi connectivity index (χ0) is 20.4. The maximum atomic E-state index is 13.5. The summed E-state index contributed by atoms with van der Waals surface area (Å²) in [6.07, 6.45) is 3.55. The Hall–Kier alpha value is -3.54. The van der Waals surface area contributed by atoms with E-state index in [1.54, 1.807) is 6.20 Å². The minimum atomic E-state index is -0.902. The molecular weight excluding hydrogens is 372 g/mol. The number of hydrogen-bond acceptors (Lipinski definition) is 3. The van der Waals surface area contributed by atoms with Crippen LogP contribution in [0.2, 0.25) is 0 Å². The average Bonchev–Trinajstić information content (AvgIpc) is 3.20. The number of nitrogens with one attached hydrogen (secondary N) is 1. The Labute approximate surface area is 167 Å². The molecule has 0 spiro atoms. The van der Waals surface area contributed by atoms with Gasteiger partial charge in [0.15, 0.2) is 11.6 Å².